The number of hydrogen-bond donors (Lipinski definition) is 2. The van der Waals surface area contributed by atoms with E-state index in [1.165, 1.54) is 5.56 Å². The molecule has 126 valence electrons. The molecule has 2 heterocycles. The second-order valence-electron chi connectivity index (χ2n) is 6.37. The summed E-state index contributed by atoms with van der Waals surface area (Å²) < 4.78 is 0. The molecule has 1 aliphatic heterocycles. The Hall–Kier alpha value is -1.44. The van der Waals surface area contributed by atoms with Gasteiger partial charge in [-0.05, 0) is 42.3 Å². The van der Waals surface area contributed by atoms with Crippen LogP contribution in [-0.2, 0) is 9.59 Å². The van der Waals surface area contributed by atoms with Crippen LogP contribution in [-0.4, -0.2) is 67.4 Å². The van der Waals surface area contributed by atoms with Crippen LogP contribution in [0.15, 0.2) is 16.8 Å². The number of amides is 2. The minimum atomic E-state index is -0.522. The number of carbonyl (C=O) groups excluding carboxylic acids is 2. The first-order valence-corrected chi connectivity index (χ1v) is 9.11. The summed E-state index contributed by atoms with van der Waals surface area (Å²) in [4.78, 5) is 28.4. The Bertz CT molecular complexity index is 536. The summed E-state index contributed by atoms with van der Waals surface area (Å²) in [5.41, 5.74) is 1.21. The van der Waals surface area contributed by atoms with Crippen LogP contribution in [0, 0.1) is 0 Å². The molecule has 1 aliphatic carbocycles. The molecule has 23 heavy (non-hydrogen) atoms. The lowest BCUT2D eigenvalue weighted by Gasteiger charge is -2.37. The Labute approximate surface area is 140 Å². The molecule has 1 atom stereocenters. The SMILES string of the molecule is CN1CCN([C@@H](CNC(=O)C(=O)NC2CC2)c2ccsc2)CC1. The maximum Gasteiger partial charge on any atom is 0.309 e. The molecule has 1 saturated carbocycles. The highest BCUT2D eigenvalue weighted by molar-refractivity contribution is 7.07. The number of nitrogens with zero attached hydrogens (tertiary/aromatic N) is 2. The maximum absolute atomic E-state index is 12.0. The number of hydrogen-bond acceptors (Lipinski definition) is 5. The lowest BCUT2D eigenvalue weighted by molar-refractivity contribution is -0.139. The Morgan fingerprint density at radius 1 is 1.26 bits per heavy atom. The number of thiophene rings is 1. The molecular weight excluding hydrogens is 312 g/mol. The Kier molecular flexibility index (Phi) is 5.30. The van der Waals surface area contributed by atoms with Crippen LogP contribution < -0.4 is 10.6 Å². The fraction of sp³-hybridized carbons (Fsp3) is 0.625. The number of carbonyl (C=O) groups is 2. The molecule has 2 amide bonds. The van der Waals surface area contributed by atoms with E-state index < -0.39 is 11.8 Å². The molecular formula is C16H24N4O2S. The third-order valence-electron chi connectivity index (χ3n) is 4.48. The van der Waals surface area contributed by atoms with E-state index in [1.54, 1.807) is 11.3 Å². The Balaban J connectivity index is 1.57. The normalized spacial score (nSPS) is 20.9. The van der Waals surface area contributed by atoms with Crippen LogP contribution in [0.3, 0.4) is 0 Å². The van der Waals surface area contributed by atoms with Crippen molar-refractivity contribution < 1.29 is 9.59 Å². The molecule has 0 aromatic carbocycles. The summed E-state index contributed by atoms with van der Waals surface area (Å²) in [6, 6.07) is 2.44. The van der Waals surface area contributed by atoms with Crippen molar-refractivity contribution in [2.24, 2.45) is 0 Å². The molecule has 1 saturated heterocycles. The molecule has 0 unspecified atom stereocenters. The molecule has 7 heteroatoms. The Morgan fingerprint density at radius 2 is 2.00 bits per heavy atom. The quantitative estimate of drug-likeness (QED) is 0.766. The molecule has 2 aliphatic rings. The van der Waals surface area contributed by atoms with Crippen molar-refractivity contribution in [3.05, 3.63) is 22.4 Å². The van der Waals surface area contributed by atoms with Crippen molar-refractivity contribution in [3.63, 3.8) is 0 Å². The predicted molar refractivity (Wildman–Crippen MR) is 90.3 cm³/mol. The zero-order valence-electron chi connectivity index (χ0n) is 13.5. The first-order chi connectivity index (χ1) is 11.1. The zero-order chi connectivity index (χ0) is 16.2. The number of piperazine rings is 1. The van der Waals surface area contributed by atoms with Gasteiger partial charge in [-0.1, -0.05) is 0 Å². The van der Waals surface area contributed by atoms with Gasteiger partial charge in [-0.15, -0.1) is 0 Å². The van der Waals surface area contributed by atoms with E-state index in [0.29, 0.717) is 6.54 Å². The summed E-state index contributed by atoms with van der Waals surface area (Å²) in [5, 5.41) is 9.72. The fourth-order valence-electron chi connectivity index (χ4n) is 2.80. The summed E-state index contributed by atoms with van der Waals surface area (Å²) in [6.45, 7) is 4.47. The van der Waals surface area contributed by atoms with Crippen LogP contribution in [0.25, 0.3) is 0 Å². The topological polar surface area (TPSA) is 64.7 Å². The third kappa shape index (κ3) is 4.53. The van der Waals surface area contributed by atoms with Crippen LogP contribution in [0.5, 0.6) is 0 Å². The van der Waals surface area contributed by atoms with Crippen molar-refractivity contribution in [1.29, 1.82) is 0 Å². The summed E-state index contributed by atoms with van der Waals surface area (Å²) in [5.74, 6) is -1.03. The van der Waals surface area contributed by atoms with Gasteiger partial charge < -0.3 is 15.5 Å². The molecule has 0 radical (unpaired) electrons. The first-order valence-electron chi connectivity index (χ1n) is 8.17. The van der Waals surface area contributed by atoms with Gasteiger partial charge in [0.1, 0.15) is 0 Å². The van der Waals surface area contributed by atoms with Crippen LogP contribution in [0.2, 0.25) is 0 Å². The predicted octanol–water partition coefficient (Wildman–Crippen LogP) is 0.431. The highest BCUT2D eigenvalue weighted by Gasteiger charge is 2.28. The summed E-state index contributed by atoms with van der Waals surface area (Å²) in [6.07, 6.45) is 1.97. The van der Waals surface area contributed by atoms with E-state index in [-0.39, 0.29) is 12.1 Å². The zero-order valence-corrected chi connectivity index (χ0v) is 14.3. The van der Waals surface area contributed by atoms with Gasteiger partial charge in [0.05, 0.1) is 6.04 Å². The van der Waals surface area contributed by atoms with E-state index in [2.05, 4.69) is 44.3 Å². The minimum Gasteiger partial charge on any atom is -0.346 e. The number of likely N-dealkylation sites (N-methyl/N-ethyl adjacent to an activating group) is 1. The molecule has 2 N–H and O–H groups in total. The molecule has 3 rings (SSSR count). The first kappa shape index (κ1) is 16.4. The number of rotatable bonds is 5. The average molecular weight is 336 g/mol. The van der Waals surface area contributed by atoms with E-state index in [0.717, 1.165) is 39.0 Å². The third-order valence-corrected chi connectivity index (χ3v) is 5.18. The molecule has 0 spiro atoms. The van der Waals surface area contributed by atoms with Gasteiger partial charge in [-0.2, -0.15) is 11.3 Å². The second kappa shape index (κ2) is 7.42. The van der Waals surface area contributed by atoms with Crippen molar-refractivity contribution in [3.8, 4) is 0 Å². The van der Waals surface area contributed by atoms with Crippen LogP contribution in [0.4, 0.5) is 0 Å². The summed E-state index contributed by atoms with van der Waals surface area (Å²) in [7, 11) is 2.13. The lowest BCUT2D eigenvalue weighted by atomic mass is 10.1. The highest BCUT2D eigenvalue weighted by Crippen LogP contribution is 2.23. The summed E-state index contributed by atoms with van der Waals surface area (Å²) >= 11 is 1.66. The van der Waals surface area contributed by atoms with E-state index in [1.807, 2.05) is 0 Å². The maximum atomic E-state index is 12.0. The Morgan fingerprint density at radius 3 is 2.61 bits per heavy atom. The molecule has 0 bridgehead atoms. The molecule has 1 aromatic rings. The standard InChI is InChI=1S/C16H24N4O2S/c1-19-5-7-20(8-6-19)14(12-4-9-23-11-12)10-17-15(21)16(22)18-13-2-3-13/h4,9,11,13-14H,2-3,5-8,10H2,1H3,(H,17,21)(H,18,22)/t14-/m0/s1. The second-order valence-corrected chi connectivity index (χ2v) is 7.15. The molecule has 1 aromatic heterocycles. The van der Waals surface area contributed by atoms with Gasteiger partial charge in [-0.3, -0.25) is 14.5 Å². The van der Waals surface area contributed by atoms with Gasteiger partial charge in [0.25, 0.3) is 0 Å². The largest absolute Gasteiger partial charge is 0.346 e. The van der Waals surface area contributed by atoms with Crippen molar-refractivity contribution in [2.45, 2.75) is 24.9 Å². The fourth-order valence-corrected chi connectivity index (χ4v) is 3.51. The van der Waals surface area contributed by atoms with Crippen LogP contribution >= 0.6 is 11.3 Å². The van der Waals surface area contributed by atoms with Crippen molar-refractivity contribution in [1.82, 2.24) is 20.4 Å². The van der Waals surface area contributed by atoms with Gasteiger partial charge >= 0.3 is 11.8 Å². The molecule has 6 nitrogen and oxygen atoms in total. The van der Waals surface area contributed by atoms with Crippen molar-refractivity contribution >= 4 is 23.2 Å². The van der Waals surface area contributed by atoms with E-state index in [9.17, 15) is 9.59 Å². The van der Waals surface area contributed by atoms with Crippen molar-refractivity contribution in [2.75, 3.05) is 39.8 Å². The van der Waals surface area contributed by atoms with Gasteiger partial charge in [0.15, 0.2) is 0 Å². The highest BCUT2D eigenvalue weighted by atomic mass is 32.1. The minimum absolute atomic E-state index is 0.132. The average Bonchev–Trinajstić information content (AvgIpc) is 3.20. The van der Waals surface area contributed by atoms with Gasteiger partial charge in [-0.25, -0.2) is 0 Å². The van der Waals surface area contributed by atoms with E-state index in [4.69, 9.17) is 0 Å². The monoisotopic (exact) mass is 336 g/mol. The van der Waals surface area contributed by atoms with Crippen LogP contribution in [0.1, 0.15) is 24.4 Å². The van der Waals surface area contributed by atoms with E-state index >= 15 is 0 Å². The number of nitrogens with one attached hydrogen (secondary N) is 2. The smallest absolute Gasteiger partial charge is 0.309 e. The van der Waals surface area contributed by atoms with Gasteiger partial charge in [0.2, 0.25) is 0 Å². The lowest BCUT2D eigenvalue weighted by Crippen LogP contribution is -2.49. The molecule has 2 fully saturated rings. The van der Waals surface area contributed by atoms with Gasteiger partial charge in [0, 0.05) is 38.8 Å².